The third-order valence-electron chi connectivity index (χ3n) is 0. The molecule has 0 aromatic carbocycles. The van der Waals surface area contributed by atoms with Crippen molar-refractivity contribution in [1.29, 1.82) is 0 Å². The van der Waals surface area contributed by atoms with E-state index in [0.717, 1.165) is 0 Å². The van der Waals surface area contributed by atoms with Gasteiger partial charge in [0.1, 0.15) is 0 Å². The Labute approximate surface area is 31.7 Å². The van der Waals surface area contributed by atoms with Gasteiger partial charge in [-0.1, -0.05) is 0 Å². The van der Waals surface area contributed by atoms with Gasteiger partial charge in [-0.2, -0.15) is 0 Å². The van der Waals surface area contributed by atoms with Crippen LogP contribution in [-0.4, -0.2) is 4.16 Å². The second-order valence-corrected chi connectivity index (χ2v) is 0.307. The Hall–Kier alpha value is 0.292. The van der Waals surface area contributed by atoms with Gasteiger partial charge in [-0.25, -0.2) is 0 Å². The summed E-state index contributed by atoms with van der Waals surface area (Å²) in [6.07, 6.45) is 0. The molecule has 0 aromatic rings. The molecule has 4 heavy (non-hydrogen) atoms. The van der Waals surface area contributed by atoms with Gasteiger partial charge in [-0.15, -0.1) is 0 Å². The van der Waals surface area contributed by atoms with Crippen LogP contribution in [0.3, 0.4) is 0 Å². The van der Waals surface area contributed by atoms with E-state index in [1.54, 1.807) is 0 Å². The van der Waals surface area contributed by atoms with Gasteiger partial charge in [-0.3, -0.25) is 0 Å². The van der Waals surface area contributed by atoms with Crippen LogP contribution in [0, 0.1) is 7.43 Å². The van der Waals surface area contributed by atoms with Gasteiger partial charge >= 0.3 is 23.4 Å². The number of hydrogen-bond acceptors (Lipinski definition) is 1. The van der Waals surface area contributed by atoms with Crippen molar-refractivity contribution >= 4 is 0 Å². The molecule has 0 fully saturated rings. The maximum atomic E-state index is 8.55. The fourth-order valence-electron chi connectivity index (χ4n) is 0. The second-order valence-electron chi connectivity index (χ2n) is 0.0745. The third-order valence-corrected chi connectivity index (χ3v) is 0. The minimum absolute atomic E-state index is 0. The standard InChI is InChI=1S/CH3.Cr.H2O.O/h1H3;;1H2;/q-1;+1;;/p-1. The SMILES string of the molecule is [CH3-].[O]=[Cr][OH]. The van der Waals surface area contributed by atoms with Crippen LogP contribution in [0.1, 0.15) is 0 Å². The van der Waals surface area contributed by atoms with Gasteiger partial charge in [0.05, 0.1) is 0 Å². The topological polar surface area (TPSA) is 37.3 Å². The Morgan fingerprint density at radius 3 is 1.75 bits per heavy atom. The van der Waals surface area contributed by atoms with Crippen molar-refractivity contribution < 1.29 is 23.4 Å². The van der Waals surface area contributed by atoms with Gasteiger partial charge in [0.25, 0.3) is 0 Å². The summed E-state index contributed by atoms with van der Waals surface area (Å²) in [5.41, 5.74) is 0. The van der Waals surface area contributed by atoms with Gasteiger partial charge in [0.2, 0.25) is 0 Å². The Kier molecular flexibility index (Phi) is 22.9. The summed E-state index contributed by atoms with van der Waals surface area (Å²) in [7, 11) is 0. The van der Waals surface area contributed by atoms with Crippen molar-refractivity contribution in [2.75, 3.05) is 0 Å². The molecule has 0 rings (SSSR count). The zero-order chi connectivity index (χ0) is 2.71. The summed E-state index contributed by atoms with van der Waals surface area (Å²) in [4.78, 5) is 0. The van der Waals surface area contributed by atoms with Gasteiger partial charge < -0.3 is 7.43 Å². The fourth-order valence-corrected chi connectivity index (χ4v) is 0. The van der Waals surface area contributed by atoms with E-state index in [-0.39, 0.29) is 7.43 Å². The molecule has 3 heteroatoms. The maximum absolute atomic E-state index is 8.55. The van der Waals surface area contributed by atoms with Gasteiger partial charge in [0, 0.05) is 0 Å². The first-order valence-corrected chi connectivity index (χ1v) is 1.44. The Morgan fingerprint density at radius 1 is 1.75 bits per heavy atom. The van der Waals surface area contributed by atoms with E-state index in [9.17, 15) is 0 Å². The van der Waals surface area contributed by atoms with E-state index in [1.165, 1.54) is 0 Å². The van der Waals surface area contributed by atoms with Crippen molar-refractivity contribution in [2.24, 2.45) is 0 Å². The van der Waals surface area contributed by atoms with E-state index in [4.69, 9.17) is 7.96 Å². The molecule has 0 spiro atoms. The van der Waals surface area contributed by atoms with Crippen LogP contribution < -0.4 is 0 Å². The third kappa shape index (κ3) is 44.8. The Bertz CT molecular complexity index is 13.5. The summed E-state index contributed by atoms with van der Waals surface area (Å²) in [5.74, 6) is 0. The van der Waals surface area contributed by atoms with E-state index in [0.29, 0.717) is 0 Å². The molecule has 0 radical (unpaired) electrons. The minimum atomic E-state index is -1.38. The molecule has 0 aliphatic heterocycles. The monoisotopic (exact) mass is 100.0 g/mol. The van der Waals surface area contributed by atoms with Crippen LogP contribution in [0.15, 0.2) is 0 Å². The van der Waals surface area contributed by atoms with E-state index >= 15 is 0 Å². The molecule has 0 saturated carbocycles. The van der Waals surface area contributed by atoms with Gasteiger partial charge in [0.15, 0.2) is 0 Å². The van der Waals surface area contributed by atoms with Crippen LogP contribution >= 0.6 is 0 Å². The molecule has 0 saturated heterocycles. The zero-order valence-corrected chi connectivity index (χ0v) is 3.54. The molecule has 0 amide bonds. The molecule has 27 valence electrons. The fraction of sp³-hybridized carbons (Fsp3) is 0. The first kappa shape index (κ1) is 8.85. The Morgan fingerprint density at radius 2 is 1.75 bits per heavy atom. The molecule has 0 bridgehead atoms. The first-order chi connectivity index (χ1) is 1.41. The number of rotatable bonds is 0. The van der Waals surface area contributed by atoms with Crippen molar-refractivity contribution in [2.45, 2.75) is 0 Å². The molecule has 0 aliphatic rings. The summed E-state index contributed by atoms with van der Waals surface area (Å²) in [6.45, 7) is 0. The quantitative estimate of drug-likeness (QED) is 0.427. The number of hydrogen-bond donors (Lipinski definition) is 1. The molecular weight excluding hydrogens is 96.0 g/mol. The van der Waals surface area contributed by atoms with Crippen LogP contribution in [0.4, 0.5) is 0 Å². The zero-order valence-electron chi connectivity index (χ0n) is 2.26. The molecule has 1 N–H and O–H groups in total. The van der Waals surface area contributed by atoms with Crippen LogP contribution in [-0.2, 0) is 19.3 Å². The molecule has 0 heterocycles. The van der Waals surface area contributed by atoms with Crippen molar-refractivity contribution in [3.8, 4) is 0 Å². The molecule has 0 aromatic heterocycles. The normalized spacial score (nSPS) is 3.25. The molecule has 0 atom stereocenters. The average Bonchev–Trinajstić information content (AvgIpc) is 0.918. The van der Waals surface area contributed by atoms with Crippen LogP contribution in [0.25, 0.3) is 0 Å². The van der Waals surface area contributed by atoms with Crippen molar-refractivity contribution in [3.63, 3.8) is 0 Å². The van der Waals surface area contributed by atoms with Crippen molar-refractivity contribution in [1.82, 2.24) is 0 Å². The van der Waals surface area contributed by atoms with E-state index < -0.39 is 15.5 Å². The van der Waals surface area contributed by atoms with Crippen LogP contribution in [0.5, 0.6) is 0 Å². The Balaban J connectivity index is 0. The summed E-state index contributed by atoms with van der Waals surface area (Å²) < 4.78 is 15.6. The van der Waals surface area contributed by atoms with Crippen molar-refractivity contribution in [3.05, 3.63) is 7.43 Å². The van der Waals surface area contributed by atoms with E-state index in [1.807, 2.05) is 0 Å². The molecule has 2 nitrogen and oxygen atoms in total. The summed E-state index contributed by atoms with van der Waals surface area (Å²) in [5, 5.41) is 0. The van der Waals surface area contributed by atoms with Crippen LogP contribution in [0.2, 0.25) is 0 Å². The summed E-state index contributed by atoms with van der Waals surface area (Å²) in [6, 6.07) is 0. The summed E-state index contributed by atoms with van der Waals surface area (Å²) >= 11 is -1.38. The average molecular weight is 100 g/mol. The second kappa shape index (κ2) is 10.4. The molecular formula is CH4CrO2-. The predicted octanol–water partition coefficient (Wildman–Crippen LogP) is -0.228. The first-order valence-electron chi connectivity index (χ1n) is 0.349. The molecule has 0 unspecified atom stereocenters. The van der Waals surface area contributed by atoms with Gasteiger partial charge in [-0.05, 0) is 0 Å². The van der Waals surface area contributed by atoms with E-state index in [2.05, 4.69) is 0 Å². The predicted molar refractivity (Wildman–Crippen MR) is 9.32 cm³/mol. The molecule has 0 aliphatic carbocycles.